The van der Waals surface area contributed by atoms with Crippen molar-refractivity contribution in [1.29, 1.82) is 0 Å². The van der Waals surface area contributed by atoms with E-state index in [-0.39, 0.29) is 6.61 Å². The van der Waals surface area contributed by atoms with Gasteiger partial charge in [-0.3, -0.25) is 0 Å². The number of aliphatic hydroxyl groups excluding tert-OH is 1. The molecule has 0 amide bonds. The number of thioether (sulfide) groups is 1. The van der Waals surface area contributed by atoms with Gasteiger partial charge in [0.2, 0.25) is 0 Å². The molecule has 0 aromatic carbocycles. The van der Waals surface area contributed by atoms with Gasteiger partial charge in [-0.15, -0.1) is 0 Å². The van der Waals surface area contributed by atoms with Crippen LogP contribution in [0.1, 0.15) is 40.0 Å². The Morgan fingerprint density at radius 3 is 2.25 bits per heavy atom. The predicted octanol–water partition coefficient (Wildman–Crippen LogP) is 2.51. The normalized spacial score (nSPS) is 34.7. The van der Waals surface area contributed by atoms with Gasteiger partial charge in [0, 0.05) is 17.3 Å². The third-order valence-electron chi connectivity index (χ3n) is 3.72. The molecule has 1 fully saturated rings. The molecule has 0 spiro atoms. The lowest BCUT2D eigenvalue weighted by atomic mass is 9.80. The molecule has 2 nitrogen and oxygen atoms in total. The highest BCUT2D eigenvalue weighted by atomic mass is 32.2. The minimum absolute atomic E-state index is 0.271. The molecule has 0 radical (unpaired) electrons. The van der Waals surface area contributed by atoms with Crippen molar-refractivity contribution in [3.63, 3.8) is 0 Å². The van der Waals surface area contributed by atoms with Crippen LogP contribution in [0.4, 0.5) is 0 Å². The zero-order valence-electron chi connectivity index (χ0n) is 11.1. The molecule has 1 aliphatic rings. The van der Waals surface area contributed by atoms with E-state index in [2.05, 4.69) is 32.3 Å². The molecule has 4 unspecified atom stereocenters. The third kappa shape index (κ3) is 4.27. The largest absolute Gasteiger partial charge is 0.395 e. The Morgan fingerprint density at radius 2 is 1.81 bits per heavy atom. The maximum absolute atomic E-state index is 9.27. The fourth-order valence-corrected chi connectivity index (χ4v) is 3.63. The van der Waals surface area contributed by atoms with Crippen molar-refractivity contribution in [3.05, 3.63) is 0 Å². The zero-order valence-corrected chi connectivity index (χ0v) is 11.9. The molecule has 0 aromatic heterocycles. The standard InChI is InChI=1S/C13H27NOS/c1-9-5-10(2)7-12(6-9)14-11(3)13(8-15)16-4/h9-15H,5-8H2,1-4H3. The summed E-state index contributed by atoms with van der Waals surface area (Å²) in [5.74, 6) is 1.69. The molecule has 1 rings (SSSR count). The van der Waals surface area contributed by atoms with Crippen LogP contribution in [0.25, 0.3) is 0 Å². The van der Waals surface area contributed by atoms with Crippen LogP contribution in [0.2, 0.25) is 0 Å². The van der Waals surface area contributed by atoms with Crippen molar-refractivity contribution >= 4 is 11.8 Å². The molecule has 2 N–H and O–H groups in total. The highest BCUT2D eigenvalue weighted by molar-refractivity contribution is 7.99. The first-order valence-electron chi connectivity index (χ1n) is 6.46. The van der Waals surface area contributed by atoms with Gasteiger partial charge < -0.3 is 10.4 Å². The zero-order chi connectivity index (χ0) is 12.1. The Hall–Kier alpha value is 0.270. The minimum Gasteiger partial charge on any atom is -0.395 e. The maximum Gasteiger partial charge on any atom is 0.0564 e. The van der Waals surface area contributed by atoms with E-state index >= 15 is 0 Å². The van der Waals surface area contributed by atoms with E-state index in [1.807, 2.05) is 0 Å². The van der Waals surface area contributed by atoms with Gasteiger partial charge in [0.25, 0.3) is 0 Å². The second-order valence-corrected chi connectivity index (χ2v) is 6.60. The molecule has 0 heterocycles. The highest BCUT2D eigenvalue weighted by Crippen LogP contribution is 2.29. The van der Waals surface area contributed by atoms with Crippen LogP contribution in [0.5, 0.6) is 0 Å². The van der Waals surface area contributed by atoms with Crippen LogP contribution in [0, 0.1) is 11.8 Å². The highest BCUT2D eigenvalue weighted by Gasteiger charge is 2.26. The van der Waals surface area contributed by atoms with E-state index in [1.165, 1.54) is 19.3 Å². The van der Waals surface area contributed by atoms with Crippen LogP contribution in [-0.4, -0.2) is 35.3 Å². The van der Waals surface area contributed by atoms with Crippen molar-refractivity contribution in [2.24, 2.45) is 11.8 Å². The lowest BCUT2D eigenvalue weighted by molar-refractivity contribution is 0.214. The molecule has 0 bridgehead atoms. The summed E-state index contributed by atoms with van der Waals surface area (Å²) in [7, 11) is 0. The van der Waals surface area contributed by atoms with Gasteiger partial charge in [-0.2, -0.15) is 11.8 Å². The summed E-state index contributed by atoms with van der Waals surface area (Å²) in [5, 5.41) is 13.3. The van der Waals surface area contributed by atoms with Crippen molar-refractivity contribution in [2.75, 3.05) is 12.9 Å². The number of hydrogen-bond acceptors (Lipinski definition) is 3. The summed E-state index contributed by atoms with van der Waals surface area (Å²) in [6.45, 7) is 7.18. The van der Waals surface area contributed by atoms with Gasteiger partial charge in [-0.25, -0.2) is 0 Å². The number of rotatable bonds is 5. The van der Waals surface area contributed by atoms with Gasteiger partial charge in [0.15, 0.2) is 0 Å². The Kier molecular flexibility index (Phi) is 6.16. The molecule has 16 heavy (non-hydrogen) atoms. The van der Waals surface area contributed by atoms with Crippen molar-refractivity contribution in [1.82, 2.24) is 5.32 Å². The lowest BCUT2D eigenvalue weighted by Gasteiger charge is -2.35. The van der Waals surface area contributed by atoms with Gasteiger partial charge in [-0.05, 0) is 44.3 Å². The van der Waals surface area contributed by atoms with Crippen molar-refractivity contribution < 1.29 is 5.11 Å². The molecule has 3 heteroatoms. The van der Waals surface area contributed by atoms with Gasteiger partial charge >= 0.3 is 0 Å². The van der Waals surface area contributed by atoms with Crippen molar-refractivity contribution in [2.45, 2.75) is 57.4 Å². The first-order chi connectivity index (χ1) is 7.56. The number of hydrogen-bond donors (Lipinski definition) is 2. The lowest BCUT2D eigenvalue weighted by Crippen LogP contribution is -2.46. The van der Waals surface area contributed by atoms with E-state index in [9.17, 15) is 5.11 Å². The fourth-order valence-electron chi connectivity index (χ4n) is 3.00. The molecule has 96 valence electrons. The number of nitrogens with one attached hydrogen (secondary N) is 1. The Morgan fingerprint density at radius 1 is 1.25 bits per heavy atom. The molecular formula is C13H27NOS. The van der Waals surface area contributed by atoms with E-state index in [0.717, 1.165) is 11.8 Å². The fraction of sp³-hybridized carbons (Fsp3) is 1.00. The van der Waals surface area contributed by atoms with Crippen LogP contribution in [0.3, 0.4) is 0 Å². The average molecular weight is 245 g/mol. The number of aliphatic hydroxyl groups is 1. The van der Waals surface area contributed by atoms with Crippen LogP contribution >= 0.6 is 11.8 Å². The Bertz CT molecular complexity index is 186. The third-order valence-corrected chi connectivity index (χ3v) is 4.88. The SMILES string of the molecule is CSC(CO)C(C)NC1CC(C)CC(C)C1. The molecule has 0 aromatic rings. The molecule has 0 saturated heterocycles. The van der Waals surface area contributed by atoms with Gasteiger partial charge in [0.05, 0.1) is 6.61 Å². The summed E-state index contributed by atoms with van der Waals surface area (Å²) in [4.78, 5) is 0. The molecule has 1 aliphatic carbocycles. The van der Waals surface area contributed by atoms with Crippen LogP contribution in [0.15, 0.2) is 0 Å². The average Bonchev–Trinajstić information content (AvgIpc) is 2.17. The summed E-state index contributed by atoms with van der Waals surface area (Å²) >= 11 is 1.76. The topological polar surface area (TPSA) is 32.3 Å². The van der Waals surface area contributed by atoms with E-state index in [4.69, 9.17) is 0 Å². The summed E-state index contributed by atoms with van der Waals surface area (Å²) in [6, 6.07) is 1.05. The summed E-state index contributed by atoms with van der Waals surface area (Å²) < 4.78 is 0. The van der Waals surface area contributed by atoms with E-state index in [1.54, 1.807) is 11.8 Å². The molecule has 0 aliphatic heterocycles. The van der Waals surface area contributed by atoms with Crippen LogP contribution < -0.4 is 5.32 Å². The molecular weight excluding hydrogens is 218 g/mol. The Labute approximate surface area is 105 Å². The molecule has 1 saturated carbocycles. The first-order valence-corrected chi connectivity index (χ1v) is 7.75. The second-order valence-electron chi connectivity index (χ2n) is 5.53. The Balaban J connectivity index is 2.40. The smallest absolute Gasteiger partial charge is 0.0564 e. The monoisotopic (exact) mass is 245 g/mol. The van der Waals surface area contributed by atoms with E-state index < -0.39 is 0 Å². The predicted molar refractivity (Wildman–Crippen MR) is 73.0 cm³/mol. The first kappa shape index (κ1) is 14.3. The maximum atomic E-state index is 9.27. The van der Waals surface area contributed by atoms with Crippen molar-refractivity contribution in [3.8, 4) is 0 Å². The quantitative estimate of drug-likeness (QED) is 0.780. The van der Waals surface area contributed by atoms with E-state index in [0.29, 0.717) is 17.3 Å². The summed E-state index contributed by atoms with van der Waals surface area (Å²) in [5.41, 5.74) is 0. The van der Waals surface area contributed by atoms with Gasteiger partial charge in [0.1, 0.15) is 0 Å². The summed E-state index contributed by atoms with van der Waals surface area (Å²) in [6.07, 6.45) is 6.03. The molecule has 4 atom stereocenters. The van der Waals surface area contributed by atoms with Gasteiger partial charge in [-0.1, -0.05) is 13.8 Å². The second kappa shape index (κ2) is 6.87. The minimum atomic E-state index is 0.271. The van der Waals surface area contributed by atoms with Crippen LogP contribution in [-0.2, 0) is 0 Å².